The minimum atomic E-state index is -0.467. The number of hydrogen-bond donors (Lipinski definition) is 2. The van der Waals surface area contributed by atoms with Crippen LogP contribution in [0.2, 0.25) is 0 Å². The highest BCUT2D eigenvalue weighted by atomic mass is 16.5. The summed E-state index contributed by atoms with van der Waals surface area (Å²) in [6.45, 7) is 4.88. The molecule has 2 aromatic carbocycles. The number of fused-ring (bicyclic) bond motifs is 1. The molecule has 29 heavy (non-hydrogen) atoms. The van der Waals surface area contributed by atoms with Crippen LogP contribution < -0.4 is 21.1 Å². The molecule has 0 saturated carbocycles. The number of carbonyl (C=O) groups excluding carboxylic acids is 1. The molecule has 0 saturated heterocycles. The van der Waals surface area contributed by atoms with Crippen molar-refractivity contribution >= 4 is 28.3 Å². The minimum absolute atomic E-state index is 0.142. The number of carbonyl (C=O) groups is 1. The van der Waals surface area contributed by atoms with E-state index in [0.717, 1.165) is 18.4 Å². The second-order valence-corrected chi connectivity index (χ2v) is 7.20. The van der Waals surface area contributed by atoms with Gasteiger partial charge in [-0.25, -0.2) is 4.79 Å². The van der Waals surface area contributed by atoms with E-state index < -0.39 is 5.69 Å². The molecule has 0 unspecified atom stereocenters. The van der Waals surface area contributed by atoms with E-state index in [4.69, 9.17) is 4.74 Å². The molecule has 3 aromatic rings. The van der Waals surface area contributed by atoms with Gasteiger partial charge in [0.1, 0.15) is 18.1 Å². The quantitative estimate of drug-likeness (QED) is 0.611. The lowest BCUT2D eigenvalue weighted by molar-refractivity contribution is -0.116. The van der Waals surface area contributed by atoms with E-state index in [0.29, 0.717) is 28.7 Å². The molecule has 0 aliphatic heterocycles. The van der Waals surface area contributed by atoms with Crippen molar-refractivity contribution < 1.29 is 9.53 Å². The molecule has 0 aliphatic carbocycles. The number of para-hydroxylation sites is 3. The molecule has 1 amide bonds. The van der Waals surface area contributed by atoms with Gasteiger partial charge in [-0.2, -0.15) is 4.98 Å². The second-order valence-electron chi connectivity index (χ2n) is 7.20. The second kappa shape index (κ2) is 9.23. The minimum Gasteiger partial charge on any atom is -0.495 e. The van der Waals surface area contributed by atoms with Crippen LogP contribution in [0.15, 0.2) is 53.3 Å². The Labute approximate surface area is 169 Å². The van der Waals surface area contributed by atoms with Crippen LogP contribution in [-0.4, -0.2) is 29.1 Å². The van der Waals surface area contributed by atoms with Gasteiger partial charge in [0.2, 0.25) is 5.91 Å². The molecular weight excluding hydrogens is 368 g/mol. The van der Waals surface area contributed by atoms with E-state index in [9.17, 15) is 9.59 Å². The van der Waals surface area contributed by atoms with Gasteiger partial charge in [0, 0.05) is 11.9 Å². The summed E-state index contributed by atoms with van der Waals surface area (Å²) in [6, 6.07) is 14.6. The summed E-state index contributed by atoms with van der Waals surface area (Å²) in [5.41, 5.74) is 0.748. The highest BCUT2D eigenvalue weighted by Gasteiger charge is 2.14. The van der Waals surface area contributed by atoms with Gasteiger partial charge in [0.25, 0.3) is 0 Å². The summed E-state index contributed by atoms with van der Waals surface area (Å²) in [7, 11) is 1.54. The van der Waals surface area contributed by atoms with Gasteiger partial charge < -0.3 is 15.4 Å². The number of benzene rings is 2. The van der Waals surface area contributed by atoms with Crippen LogP contribution in [0.3, 0.4) is 0 Å². The number of hydrogen-bond acceptors (Lipinski definition) is 5. The summed E-state index contributed by atoms with van der Waals surface area (Å²) in [5.74, 6) is 1.32. The summed E-state index contributed by atoms with van der Waals surface area (Å²) in [5, 5.41) is 6.86. The van der Waals surface area contributed by atoms with E-state index in [1.165, 1.54) is 11.7 Å². The van der Waals surface area contributed by atoms with Crippen molar-refractivity contribution in [2.75, 3.05) is 24.3 Å². The molecule has 2 N–H and O–H groups in total. The molecule has 0 radical (unpaired) electrons. The molecule has 152 valence electrons. The van der Waals surface area contributed by atoms with Crippen molar-refractivity contribution in [3.05, 3.63) is 59.0 Å². The number of aromatic nitrogens is 2. The summed E-state index contributed by atoms with van der Waals surface area (Å²) in [4.78, 5) is 29.5. The highest BCUT2D eigenvalue weighted by Crippen LogP contribution is 2.23. The molecule has 0 atom stereocenters. The zero-order valence-corrected chi connectivity index (χ0v) is 16.9. The molecule has 0 bridgehead atoms. The molecule has 3 rings (SSSR count). The fourth-order valence-electron chi connectivity index (χ4n) is 3.08. The molecule has 7 heteroatoms. The number of nitrogens with zero attached hydrogens (tertiary/aromatic N) is 2. The zero-order valence-electron chi connectivity index (χ0n) is 16.9. The maximum absolute atomic E-state index is 12.7. The standard InChI is InChI=1S/C22H26N4O3/c1-15(2)12-13-23-21-16-8-4-6-10-18(16)26(22(28)25-21)14-20(27)24-17-9-5-7-11-19(17)29-3/h4-11,15H,12-14H2,1-3H3,(H,24,27)(H,23,25,28). The topological polar surface area (TPSA) is 85.2 Å². The van der Waals surface area contributed by atoms with E-state index in [2.05, 4.69) is 29.5 Å². The summed E-state index contributed by atoms with van der Waals surface area (Å²) in [6.07, 6.45) is 0.973. The number of nitrogens with one attached hydrogen (secondary N) is 2. The van der Waals surface area contributed by atoms with Crippen LogP contribution in [0.25, 0.3) is 10.9 Å². The molecule has 0 aliphatic rings. The van der Waals surface area contributed by atoms with Gasteiger partial charge in [-0.3, -0.25) is 9.36 Å². The van der Waals surface area contributed by atoms with Crippen LogP contribution >= 0.6 is 0 Å². The van der Waals surface area contributed by atoms with E-state index >= 15 is 0 Å². The Morgan fingerprint density at radius 2 is 1.86 bits per heavy atom. The third-order valence-corrected chi connectivity index (χ3v) is 4.59. The summed E-state index contributed by atoms with van der Waals surface area (Å²) >= 11 is 0. The van der Waals surface area contributed by atoms with Crippen molar-refractivity contribution in [1.82, 2.24) is 9.55 Å². The fraction of sp³-hybridized carbons (Fsp3) is 0.318. The zero-order chi connectivity index (χ0) is 20.8. The Morgan fingerprint density at radius 3 is 2.62 bits per heavy atom. The predicted molar refractivity (Wildman–Crippen MR) is 116 cm³/mol. The van der Waals surface area contributed by atoms with Crippen LogP contribution in [0.5, 0.6) is 5.75 Å². The Morgan fingerprint density at radius 1 is 1.14 bits per heavy atom. The van der Waals surface area contributed by atoms with Crippen molar-refractivity contribution in [2.24, 2.45) is 5.92 Å². The van der Waals surface area contributed by atoms with Gasteiger partial charge >= 0.3 is 5.69 Å². The Hall–Kier alpha value is -3.35. The number of anilines is 2. The van der Waals surface area contributed by atoms with Crippen LogP contribution in [0.1, 0.15) is 20.3 Å². The Bertz CT molecular complexity index is 1060. The maximum atomic E-state index is 12.7. The number of methoxy groups -OCH3 is 1. The van der Waals surface area contributed by atoms with Crippen LogP contribution in [0, 0.1) is 5.92 Å². The largest absolute Gasteiger partial charge is 0.495 e. The monoisotopic (exact) mass is 394 g/mol. The lowest BCUT2D eigenvalue weighted by atomic mass is 10.1. The van der Waals surface area contributed by atoms with Crippen molar-refractivity contribution in [1.29, 1.82) is 0 Å². The van der Waals surface area contributed by atoms with E-state index in [1.807, 2.05) is 30.3 Å². The first-order chi connectivity index (χ1) is 14.0. The average molecular weight is 394 g/mol. The van der Waals surface area contributed by atoms with E-state index in [1.54, 1.807) is 18.2 Å². The molecule has 0 fully saturated rings. The Kier molecular flexibility index (Phi) is 6.49. The predicted octanol–water partition coefficient (Wildman–Crippen LogP) is 3.50. The molecule has 0 spiro atoms. The molecular formula is C22H26N4O3. The SMILES string of the molecule is COc1ccccc1NC(=O)Cn1c(=O)nc(NCCC(C)C)c2ccccc21. The van der Waals surface area contributed by atoms with Crippen molar-refractivity contribution in [3.63, 3.8) is 0 Å². The number of rotatable bonds is 8. The van der Waals surface area contributed by atoms with Gasteiger partial charge in [-0.15, -0.1) is 0 Å². The lowest BCUT2D eigenvalue weighted by Gasteiger charge is -2.15. The molecule has 1 heterocycles. The van der Waals surface area contributed by atoms with E-state index in [-0.39, 0.29) is 12.5 Å². The first kappa shape index (κ1) is 20.4. The third-order valence-electron chi connectivity index (χ3n) is 4.59. The van der Waals surface area contributed by atoms with Gasteiger partial charge in [-0.1, -0.05) is 38.1 Å². The highest BCUT2D eigenvalue weighted by molar-refractivity contribution is 5.94. The smallest absolute Gasteiger partial charge is 0.350 e. The first-order valence-corrected chi connectivity index (χ1v) is 9.66. The number of amides is 1. The Balaban J connectivity index is 1.87. The van der Waals surface area contributed by atoms with Gasteiger partial charge in [0.15, 0.2) is 0 Å². The lowest BCUT2D eigenvalue weighted by Crippen LogP contribution is -2.30. The fourth-order valence-corrected chi connectivity index (χ4v) is 3.08. The van der Waals surface area contributed by atoms with Crippen molar-refractivity contribution in [3.8, 4) is 5.75 Å². The van der Waals surface area contributed by atoms with Crippen molar-refractivity contribution in [2.45, 2.75) is 26.8 Å². The van der Waals surface area contributed by atoms with Gasteiger partial charge in [0.05, 0.1) is 18.3 Å². The third kappa shape index (κ3) is 4.93. The average Bonchev–Trinajstić information content (AvgIpc) is 2.71. The van der Waals surface area contributed by atoms with Crippen LogP contribution in [0.4, 0.5) is 11.5 Å². The number of ether oxygens (including phenoxy) is 1. The maximum Gasteiger partial charge on any atom is 0.350 e. The molecule has 1 aromatic heterocycles. The van der Waals surface area contributed by atoms with Gasteiger partial charge in [-0.05, 0) is 36.6 Å². The molecule has 7 nitrogen and oxygen atoms in total. The first-order valence-electron chi connectivity index (χ1n) is 9.66. The van der Waals surface area contributed by atoms with Crippen LogP contribution in [-0.2, 0) is 11.3 Å². The normalized spacial score (nSPS) is 10.9. The summed E-state index contributed by atoms with van der Waals surface area (Å²) < 4.78 is 6.64.